The first-order chi connectivity index (χ1) is 8.00. The van der Waals surface area contributed by atoms with Crippen LogP contribution < -0.4 is 0 Å². The minimum Gasteiger partial charge on any atom is -0.388 e. The van der Waals surface area contributed by atoms with E-state index in [1.54, 1.807) is 0 Å². The van der Waals surface area contributed by atoms with E-state index < -0.39 is 0 Å². The predicted octanol–water partition coefficient (Wildman–Crippen LogP) is 4.30. The maximum absolute atomic E-state index is 10.2. The van der Waals surface area contributed by atoms with Gasteiger partial charge in [-0.15, -0.1) is 0 Å². The van der Waals surface area contributed by atoms with Crippen molar-refractivity contribution in [3.63, 3.8) is 0 Å². The van der Waals surface area contributed by atoms with E-state index in [4.69, 9.17) is 0 Å². The van der Waals surface area contributed by atoms with E-state index >= 15 is 0 Å². The molecule has 0 spiro atoms. The number of aliphatic hydroxyl groups is 1. The van der Waals surface area contributed by atoms with Crippen molar-refractivity contribution in [2.45, 2.75) is 64.9 Å². The molecule has 0 saturated heterocycles. The van der Waals surface area contributed by atoms with E-state index in [0.29, 0.717) is 11.8 Å². The number of rotatable bonds is 2. The molecular formula is C16H24O. The Morgan fingerprint density at radius 2 is 1.82 bits per heavy atom. The van der Waals surface area contributed by atoms with Crippen LogP contribution in [0.25, 0.3) is 0 Å². The SMILES string of the molecule is CC(C)c1cc(C(C)C)c2c(c1)C(O)CCC2. The molecule has 94 valence electrons. The zero-order valence-corrected chi connectivity index (χ0v) is 11.5. The van der Waals surface area contributed by atoms with Gasteiger partial charge in [-0.2, -0.15) is 0 Å². The van der Waals surface area contributed by atoms with Gasteiger partial charge >= 0.3 is 0 Å². The van der Waals surface area contributed by atoms with Crippen molar-refractivity contribution < 1.29 is 5.11 Å². The fraction of sp³-hybridized carbons (Fsp3) is 0.625. The topological polar surface area (TPSA) is 20.2 Å². The van der Waals surface area contributed by atoms with E-state index in [1.807, 2.05) is 0 Å². The molecule has 0 heterocycles. The highest BCUT2D eigenvalue weighted by atomic mass is 16.3. The van der Waals surface area contributed by atoms with Crippen LogP contribution in [0.3, 0.4) is 0 Å². The summed E-state index contributed by atoms with van der Waals surface area (Å²) in [7, 11) is 0. The first-order valence-corrected chi connectivity index (χ1v) is 6.85. The molecule has 1 aromatic rings. The Morgan fingerprint density at radius 1 is 1.12 bits per heavy atom. The van der Waals surface area contributed by atoms with E-state index in [2.05, 4.69) is 39.8 Å². The molecule has 1 atom stereocenters. The molecule has 0 bridgehead atoms. The third kappa shape index (κ3) is 2.40. The van der Waals surface area contributed by atoms with Crippen molar-refractivity contribution in [2.75, 3.05) is 0 Å². The average molecular weight is 232 g/mol. The third-order valence-corrected chi connectivity index (χ3v) is 3.89. The van der Waals surface area contributed by atoms with Gasteiger partial charge in [-0.3, -0.25) is 0 Å². The highest BCUT2D eigenvalue weighted by molar-refractivity contribution is 5.44. The molecule has 0 radical (unpaired) electrons. The van der Waals surface area contributed by atoms with Crippen molar-refractivity contribution in [3.05, 3.63) is 34.4 Å². The van der Waals surface area contributed by atoms with Gasteiger partial charge in [0.15, 0.2) is 0 Å². The van der Waals surface area contributed by atoms with Crippen LogP contribution in [0.2, 0.25) is 0 Å². The summed E-state index contributed by atoms with van der Waals surface area (Å²) in [4.78, 5) is 0. The molecule has 1 aliphatic rings. The molecule has 0 aromatic heterocycles. The number of hydrogen-bond donors (Lipinski definition) is 1. The third-order valence-electron chi connectivity index (χ3n) is 3.89. The van der Waals surface area contributed by atoms with Gasteiger partial charge in [-0.1, -0.05) is 39.8 Å². The summed E-state index contributed by atoms with van der Waals surface area (Å²) in [5.41, 5.74) is 5.44. The minimum atomic E-state index is -0.241. The fourth-order valence-electron chi connectivity index (χ4n) is 2.80. The first-order valence-electron chi connectivity index (χ1n) is 6.85. The highest BCUT2D eigenvalue weighted by Crippen LogP contribution is 2.37. The lowest BCUT2D eigenvalue weighted by molar-refractivity contribution is 0.156. The highest BCUT2D eigenvalue weighted by Gasteiger charge is 2.22. The molecule has 17 heavy (non-hydrogen) atoms. The summed E-state index contributed by atoms with van der Waals surface area (Å²) < 4.78 is 0. The maximum Gasteiger partial charge on any atom is 0.0793 e. The van der Waals surface area contributed by atoms with Crippen molar-refractivity contribution in [3.8, 4) is 0 Å². The van der Waals surface area contributed by atoms with Crippen LogP contribution >= 0.6 is 0 Å². The average Bonchev–Trinajstić information content (AvgIpc) is 2.28. The summed E-state index contributed by atoms with van der Waals surface area (Å²) in [6, 6.07) is 4.59. The van der Waals surface area contributed by atoms with Gasteiger partial charge in [0.25, 0.3) is 0 Å². The van der Waals surface area contributed by atoms with Gasteiger partial charge in [-0.25, -0.2) is 0 Å². The van der Waals surface area contributed by atoms with Crippen LogP contribution in [0.4, 0.5) is 0 Å². The van der Waals surface area contributed by atoms with E-state index in [-0.39, 0.29) is 6.10 Å². The molecular weight excluding hydrogens is 208 g/mol. The Kier molecular flexibility index (Phi) is 3.58. The fourth-order valence-corrected chi connectivity index (χ4v) is 2.80. The Bertz CT molecular complexity index is 387. The molecule has 0 fully saturated rings. The van der Waals surface area contributed by atoms with Gasteiger partial charge in [0.1, 0.15) is 0 Å². The summed E-state index contributed by atoms with van der Waals surface area (Å²) in [5, 5.41) is 10.2. The molecule has 1 aromatic carbocycles. The smallest absolute Gasteiger partial charge is 0.0793 e. The maximum atomic E-state index is 10.2. The molecule has 1 N–H and O–H groups in total. The number of aliphatic hydroxyl groups excluding tert-OH is 1. The number of fused-ring (bicyclic) bond motifs is 1. The molecule has 1 nitrogen and oxygen atoms in total. The van der Waals surface area contributed by atoms with Crippen LogP contribution in [0.15, 0.2) is 12.1 Å². The second-order valence-corrected chi connectivity index (χ2v) is 5.90. The van der Waals surface area contributed by atoms with Gasteiger partial charge < -0.3 is 5.11 Å². The van der Waals surface area contributed by atoms with E-state index in [1.165, 1.54) is 22.3 Å². The Morgan fingerprint density at radius 3 is 2.41 bits per heavy atom. The zero-order valence-electron chi connectivity index (χ0n) is 11.5. The second kappa shape index (κ2) is 4.81. The van der Waals surface area contributed by atoms with Crippen LogP contribution in [0.1, 0.15) is 80.7 Å². The van der Waals surface area contributed by atoms with Gasteiger partial charge in [-0.05, 0) is 53.4 Å². The summed E-state index contributed by atoms with van der Waals surface area (Å²) >= 11 is 0. The molecule has 1 heteroatoms. The largest absolute Gasteiger partial charge is 0.388 e. The quantitative estimate of drug-likeness (QED) is 0.806. The first kappa shape index (κ1) is 12.6. The number of hydrogen-bond acceptors (Lipinski definition) is 1. The lowest BCUT2D eigenvalue weighted by Gasteiger charge is -2.27. The Labute approximate surface area is 105 Å². The molecule has 0 amide bonds. The summed E-state index contributed by atoms with van der Waals surface area (Å²) in [5.74, 6) is 1.08. The van der Waals surface area contributed by atoms with Crippen molar-refractivity contribution >= 4 is 0 Å². The van der Waals surface area contributed by atoms with Gasteiger partial charge in [0.05, 0.1) is 6.10 Å². The second-order valence-electron chi connectivity index (χ2n) is 5.90. The van der Waals surface area contributed by atoms with Crippen LogP contribution in [-0.4, -0.2) is 5.11 Å². The molecule has 0 saturated carbocycles. The van der Waals surface area contributed by atoms with Gasteiger partial charge in [0, 0.05) is 0 Å². The van der Waals surface area contributed by atoms with Crippen molar-refractivity contribution in [2.24, 2.45) is 0 Å². The minimum absolute atomic E-state index is 0.241. The molecule has 1 aliphatic carbocycles. The predicted molar refractivity (Wildman–Crippen MR) is 72.5 cm³/mol. The van der Waals surface area contributed by atoms with Crippen molar-refractivity contribution in [1.29, 1.82) is 0 Å². The van der Waals surface area contributed by atoms with E-state index in [9.17, 15) is 5.11 Å². The summed E-state index contributed by atoms with van der Waals surface area (Å²) in [6.07, 6.45) is 2.94. The molecule has 0 aliphatic heterocycles. The molecule has 2 rings (SSSR count). The van der Waals surface area contributed by atoms with Crippen LogP contribution in [0, 0.1) is 0 Å². The normalized spacial score (nSPS) is 19.8. The Hall–Kier alpha value is -0.820. The van der Waals surface area contributed by atoms with Crippen molar-refractivity contribution in [1.82, 2.24) is 0 Å². The van der Waals surface area contributed by atoms with Crippen LogP contribution in [-0.2, 0) is 6.42 Å². The monoisotopic (exact) mass is 232 g/mol. The van der Waals surface area contributed by atoms with Crippen LogP contribution in [0.5, 0.6) is 0 Å². The lowest BCUT2D eigenvalue weighted by Crippen LogP contribution is -2.13. The Balaban J connectivity index is 2.58. The zero-order chi connectivity index (χ0) is 12.6. The molecule has 1 unspecified atom stereocenters. The standard InChI is InChI=1S/C16H24O/c1-10(2)12-8-14(11(3)4)13-6-5-7-16(17)15(13)9-12/h8-11,16-17H,5-7H2,1-4H3. The van der Waals surface area contributed by atoms with Gasteiger partial charge in [0.2, 0.25) is 0 Å². The lowest BCUT2D eigenvalue weighted by atomic mass is 9.80. The van der Waals surface area contributed by atoms with E-state index in [0.717, 1.165) is 19.3 Å². The summed E-state index contributed by atoms with van der Waals surface area (Å²) in [6.45, 7) is 8.95. The number of benzene rings is 1.